The average Bonchev–Trinajstić information content (AvgIpc) is 2.84. The van der Waals surface area contributed by atoms with Gasteiger partial charge in [0.1, 0.15) is 5.75 Å². The van der Waals surface area contributed by atoms with E-state index in [0.29, 0.717) is 32.4 Å². The molecular formula is C21H32N2O3. The minimum Gasteiger partial charge on any atom is -0.496 e. The quantitative estimate of drug-likeness (QED) is 0.811. The molecule has 0 unspecified atom stereocenters. The standard InChI is InChI=1S/C21H32N2O3/c1-21(2,3)16-20(25)23-13-7-12-22(14-15-23)19(24)11-10-17-8-5-6-9-18(17)26-4/h5-6,8-9H,7,10-16H2,1-4H3. The molecule has 5 nitrogen and oxygen atoms in total. The Labute approximate surface area is 157 Å². The average molecular weight is 360 g/mol. The second-order valence-electron chi connectivity index (χ2n) is 8.16. The van der Waals surface area contributed by atoms with Gasteiger partial charge in [0.15, 0.2) is 0 Å². The fourth-order valence-electron chi connectivity index (χ4n) is 3.29. The van der Waals surface area contributed by atoms with Crippen molar-refractivity contribution in [2.75, 3.05) is 33.3 Å². The van der Waals surface area contributed by atoms with Crippen molar-refractivity contribution in [3.63, 3.8) is 0 Å². The molecule has 0 aromatic heterocycles. The van der Waals surface area contributed by atoms with E-state index < -0.39 is 0 Å². The molecule has 0 radical (unpaired) electrons. The highest BCUT2D eigenvalue weighted by Gasteiger charge is 2.25. The molecule has 1 aromatic rings. The normalized spacial score (nSPS) is 15.5. The highest BCUT2D eigenvalue weighted by molar-refractivity contribution is 5.78. The Balaban J connectivity index is 1.86. The summed E-state index contributed by atoms with van der Waals surface area (Å²) in [5.74, 6) is 1.18. The number of hydrogen-bond donors (Lipinski definition) is 0. The molecule has 0 saturated carbocycles. The maximum atomic E-state index is 12.6. The summed E-state index contributed by atoms with van der Waals surface area (Å²) in [6.45, 7) is 8.97. The van der Waals surface area contributed by atoms with Gasteiger partial charge in [-0.25, -0.2) is 0 Å². The van der Waals surface area contributed by atoms with Crippen molar-refractivity contribution in [2.24, 2.45) is 5.41 Å². The third-order valence-electron chi connectivity index (χ3n) is 4.68. The maximum absolute atomic E-state index is 12.6. The van der Waals surface area contributed by atoms with E-state index in [4.69, 9.17) is 4.74 Å². The van der Waals surface area contributed by atoms with Crippen LogP contribution in [0.2, 0.25) is 0 Å². The van der Waals surface area contributed by atoms with Gasteiger partial charge in [-0.2, -0.15) is 0 Å². The topological polar surface area (TPSA) is 49.9 Å². The molecule has 2 amide bonds. The molecule has 5 heteroatoms. The van der Waals surface area contributed by atoms with E-state index in [1.54, 1.807) is 7.11 Å². The smallest absolute Gasteiger partial charge is 0.223 e. The largest absolute Gasteiger partial charge is 0.496 e. The van der Waals surface area contributed by atoms with E-state index in [-0.39, 0.29) is 17.2 Å². The molecule has 0 spiro atoms. The fraction of sp³-hybridized carbons (Fsp3) is 0.619. The maximum Gasteiger partial charge on any atom is 0.223 e. The molecule has 1 aliphatic heterocycles. The summed E-state index contributed by atoms with van der Waals surface area (Å²) < 4.78 is 5.35. The SMILES string of the molecule is COc1ccccc1CCC(=O)N1CCCN(C(=O)CC(C)(C)C)CC1. The Morgan fingerprint density at radius 2 is 1.62 bits per heavy atom. The van der Waals surface area contributed by atoms with Crippen LogP contribution in [0.4, 0.5) is 0 Å². The van der Waals surface area contributed by atoms with Crippen molar-refractivity contribution in [3.05, 3.63) is 29.8 Å². The van der Waals surface area contributed by atoms with Crippen LogP contribution in [0, 0.1) is 5.41 Å². The van der Waals surface area contributed by atoms with E-state index >= 15 is 0 Å². The summed E-state index contributed by atoms with van der Waals surface area (Å²) in [6.07, 6.45) is 2.54. The number of benzene rings is 1. The highest BCUT2D eigenvalue weighted by atomic mass is 16.5. The Kier molecular flexibility index (Phi) is 7.06. The third-order valence-corrected chi connectivity index (χ3v) is 4.68. The number of hydrogen-bond acceptors (Lipinski definition) is 3. The fourth-order valence-corrected chi connectivity index (χ4v) is 3.29. The number of nitrogens with zero attached hydrogens (tertiary/aromatic N) is 2. The minimum absolute atomic E-state index is 0.00632. The number of aryl methyl sites for hydroxylation is 1. The van der Waals surface area contributed by atoms with Crippen LogP contribution in [0.25, 0.3) is 0 Å². The van der Waals surface area contributed by atoms with Gasteiger partial charge in [0, 0.05) is 39.0 Å². The Morgan fingerprint density at radius 1 is 1.00 bits per heavy atom. The summed E-state index contributed by atoms with van der Waals surface area (Å²) in [6, 6.07) is 7.82. The van der Waals surface area contributed by atoms with Crippen molar-refractivity contribution in [3.8, 4) is 5.75 Å². The third kappa shape index (κ3) is 6.04. The van der Waals surface area contributed by atoms with Crippen LogP contribution in [-0.4, -0.2) is 54.9 Å². The van der Waals surface area contributed by atoms with Gasteiger partial charge in [-0.1, -0.05) is 39.0 Å². The van der Waals surface area contributed by atoms with Crippen LogP contribution in [0.3, 0.4) is 0 Å². The molecule has 0 N–H and O–H groups in total. The molecule has 2 rings (SSSR count). The molecule has 1 saturated heterocycles. The molecular weight excluding hydrogens is 328 g/mol. The molecule has 0 bridgehead atoms. The number of ether oxygens (including phenoxy) is 1. The summed E-state index contributed by atoms with van der Waals surface area (Å²) in [4.78, 5) is 28.9. The van der Waals surface area contributed by atoms with Gasteiger partial charge < -0.3 is 14.5 Å². The zero-order valence-corrected chi connectivity index (χ0v) is 16.6. The number of carbonyl (C=O) groups is 2. The lowest BCUT2D eigenvalue weighted by atomic mass is 9.91. The van der Waals surface area contributed by atoms with E-state index in [2.05, 4.69) is 20.8 Å². The van der Waals surface area contributed by atoms with Crippen molar-refractivity contribution in [2.45, 2.75) is 46.5 Å². The first-order valence-corrected chi connectivity index (χ1v) is 9.47. The van der Waals surface area contributed by atoms with Gasteiger partial charge >= 0.3 is 0 Å². The summed E-state index contributed by atoms with van der Waals surface area (Å²) in [7, 11) is 1.65. The first kappa shape index (κ1) is 20.3. The summed E-state index contributed by atoms with van der Waals surface area (Å²) >= 11 is 0. The van der Waals surface area contributed by atoms with Crippen LogP contribution in [-0.2, 0) is 16.0 Å². The van der Waals surface area contributed by atoms with E-state index in [1.807, 2.05) is 34.1 Å². The van der Waals surface area contributed by atoms with E-state index in [9.17, 15) is 9.59 Å². The first-order valence-electron chi connectivity index (χ1n) is 9.47. The number of rotatable bonds is 5. The second-order valence-corrected chi connectivity index (χ2v) is 8.16. The van der Waals surface area contributed by atoms with Crippen molar-refractivity contribution >= 4 is 11.8 Å². The van der Waals surface area contributed by atoms with Crippen LogP contribution in [0.1, 0.15) is 45.6 Å². The Bertz CT molecular complexity index is 622. The predicted octanol–water partition coefficient (Wildman–Crippen LogP) is 3.12. The van der Waals surface area contributed by atoms with Crippen molar-refractivity contribution < 1.29 is 14.3 Å². The molecule has 1 heterocycles. The highest BCUT2D eigenvalue weighted by Crippen LogP contribution is 2.21. The number of para-hydroxylation sites is 1. The summed E-state index contributed by atoms with van der Waals surface area (Å²) in [5.41, 5.74) is 1.05. The van der Waals surface area contributed by atoms with Gasteiger partial charge in [-0.15, -0.1) is 0 Å². The Hall–Kier alpha value is -2.04. The lowest BCUT2D eigenvalue weighted by Gasteiger charge is -2.25. The van der Waals surface area contributed by atoms with Gasteiger partial charge in [0.05, 0.1) is 7.11 Å². The monoisotopic (exact) mass is 360 g/mol. The molecule has 0 atom stereocenters. The second kappa shape index (κ2) is 9.06. The predicted molar refractivity (Wildman–Crippen MR) is 103 cm³/mol. The lowest BCUT2D eigenvalue weighted by Crippen LogP contribution is -2.38. The Morgan fingerprint density at radius 3 is 2.23 bits per heavy atom. The first-order chi connectivity index (χ1) is 12.3. The van der Waals surface area contributed by atoms with E-state index in [1.165, 1.54) is 0 Å². The zero-order valence-electron chi connectivity index (χ0n) is 16.6. The van der Waals surface area contributed by atoms with Crippen molar-refractivity contribution in [1.82, 2.24) is 9.80 Å². The van der Waals surface area contributed by atoms with Crippen LogP contribution < -0.4 is 4.74 Å². The number of amides is 2. The van der Waals surface area contributed by atoms with Crippen LogP contribution in [0.5, 0.6) is 5.75 Å². The van der Waals surface area contributed by atoms with E-state index in [0.717, 1.165) is 30.8 Å². The lowest BCUT2D eigenvalue weighted by molar-refractivity contribution is -0.134. The number of methoxy groups -OCH3 is 1. The van der Waals surface area contributed by atoms with Gasteiger partial charge in [-0.3, -0.25) is 9.59 Å². The molecule has 1 aliphatic rings. The van der Waals surface area contributed by atoms with Gasteiger partial charge in [-0.05, 0) is 29.9 Å². The zero-order chi connectivity index (χ0) is 19.2. The summed E-state index contributed by atoms with van der Waals surface area (Å²) in [5, 5.41) is 0. The number of carbonyl (C=O) groups excluding carboxylic acids is 2. The van der Waals surface area contributed by atoms with Gasteiger partial charge in [0.25, 0.3) is 0 Å². The minimum atomic E-state index is -0.00632. The molecule has 1 fully saturated rings. The molecule has 1 aromatic carbocycles. The molecule has 26 heavy (non-hydrogen) atoms. The molecule has 144 valence electrons. The van der Waals surface area contributed by atoms with Crippen molar-refractivity contribution in [1.29, 1.82) is 0 Å². The molecule has 0 aliphatic carbocycles. The van der Waals surface area contributed by atoms with Crippen LogP contribution in [0.15, 0.2) is 24.3 Å². The van der Waals surface area contributed by atoms with Crippen LogP contribution >= 0.6 is 0 Å². The van der Waals surface area contributed by atoms with Gasteiger partial charge in [0.2, 0.25) is 11.8 Å².